The molecule has 7 heteroatoms. The molecule has 1 saturated heterocycles. The Bertz CT molecular complexity index is 779. The molecule has 120 valence electrons. The van der Waals surface area contributed by atoms with Gasteiger partial charge in [0.15, 0.2) is 0 Å². The number of fused-ring (bicyclic) bond motifs is 1. The number of methoxy groups -OCH3 is 1. The highest BCUT2D eigenvalue weighted by atomic mass is 16.5. The van der Waals surface area contributed by atoms with Crippen LogP contribution in [-0.2, 0) is 11.3 Å². The van der Waals surface area contributed by atoms with E-state index in [1.807, 2.05) is 31.2 Å². The molecule has 3 aromatic rings. The maximum Gasteiger partial charge on any atom is 0.233 e. The smallest absolute Gasteiger partial charge is 0.233 e. The van der Waals surface area contributed by atoms with Crippen molar-refractivity contribution in [2.45, 2.75) is 32.0 Å². The summed E-state index contributed by atoms with van der Waals surface area (Å²) in [5.41, 5.74) is 2.03. The zero-order valence-corrected chi connectivity index (χ0v) is 13.2. The minimum Gasteiger partial charge on any atom is -0.424 e. The SMILES string of the molecule is CO[C@@H]1C[C@H](c2nnc(C)o2)N(Cc2nc3ccccc3[nH]2)C1. The van der Waals surface area contributed by atoms with Gasteiger partial charge in [0.05, 0.1) is 29.7 Å². The summed E-state index contributed by atoms with van der Waals surface area (Å²) in [6.07, 6.45) is 1.01. The van der Waals surface area contributed by atoms with Crippen molar-refractivity contribution in [3.8, 4) is 0 Å². The number of aromatic amines is 1. The predicted molar refractivity (Wildman–Crippen MR) is 83.7 cm³/mol. The third-order valence-electron chi connectivity index (χ3n) is 4.32. The van der Waals surface area contributed by atoms with E-state index in [1.165, 1.54) is 0 Å². The molecule has 2 aromatic heterocycles. The minimum absolute atomic E-state index is 0.0642. The van der Waals surface area contributed by atoms with Gasteiger partial charge >= 0.3 is 0 Å². The van der Waals surface area contributed by atoms with Gasteiger partial charge in [0.25, 0.3) is 0 Å². The maximum atomic E-state index is 5.64. The van der Waals surface area contributed by atoms with Gasteiger partial charge in [-0.1, -0.05) is 12.1 Å². The normalized spacial score (nSPS) is 22.2. The molecule has 1 fully saturated rings. The average molecular weight is 313 g/mol. The number of aryl methyl sites for hydroxylation is 1. The molecule has 0 saturated carbocycles. The zero-order chi connectivity index (χ0) is 15.8. The molecular formula is C16H19N5O2. The number of imidazole rings is 1. The van der Waals surface area contributed by atoms with Crippen LogP contribution in [-0.4, -0.2) is 44.8 Å². The van der Waals surface area contributed by atoms with Crippen LogP contribution >= 0.6 is 0 Å². The molecule has 0 aliphatic carbocycles. The molecule has 0 radical (unpaired) electrons. The molecule has 0 amide bonds. The first-order valence-electron chi connectivity index (χ1n) is 7.73. The Labute approximate surface area is 133 Å². The minimum atomic E-state index is 0.0642. The van der Waals surface area contributed by atoms with Crippen LogP contribution in [0.5, 0.6) is 0 Å². The highest BCUT2D eigenvalue weighted by molar-refractivity contribution is 5.74. The lowest BCUT2D eigenvalue weighted by Crippen LogP contribution is -2.25. The fourth-order valence-corrected chi connectivity index (χ4v) is 3.18. The highest BCUT2D eigenvalue weighted by Crippen LogP contribution is 2.33. The molecule has 1 aromatic carbocycles. The summed E-state index contributed by atoms with van der Waals surface area (Å²) in [5.74, 6) is 2.17. The van der Waals surface area contributed by atoms with Crippen LogP contribution in [0.4, 0.5) is 0 Å². The van der Waals surface area contributed by atoms with Crippen LogP contribution in [0.25, 0.3) is 11.0 Å². The van der Waals surface area contributed by atoms with Gasteiger partial charge in [-0.2, -0.15) is 0 Å². The topological polar surface area (TPSA) is 80.1 Å². The molecule has 1 aliphatic heterocycles. The van der Waals surface area contributed by atoms with Crippen LogP contribution in [0.1, 0.15) is 30.1 Å². The van der Waals surface area contributed by atoms with Gasteiger partial charge in [0.1, 0.15) is 5.82 Å². The summed E-state index contributed by atoms with van der Waals surface area (Å²) in [6, 6.07) is 8.11. The van der Waals surface area contributed by atoms with E-state index in [9.17, 15) is 0 Å². The first-order chi connectivity index (χ1) is 11.2. The predicted octanol–water partition coefficient (Wildman–Crippen LogP) is 2.22. The van der Waals surface area contributed by atoms with Crippen molar-refractivity contribution in [1.29, 1.82) is 0 Å². The van der Waals surface area contributed by atoms with Crippen molar-refractivity contribution >= 4 is 11.0 Å². The lowest BCUT2D eigenvalue weighted by Gasteiger charge is -2.19. The molecule has 23 heavy (non-hydrogen) atoms. The van der Waals surface area contributed by atoms with Gasteiger partial charge in [0, 0.05) is 20.6 Å². The summed E-state index contributed by atoms with van der Waals surface area (Å²) >= 11 is 0. The van der Waals surface area contributed by atoms with Crippen LogP contribution < -0.4 is 0 Å². The average Bonchev–Trinajstić information content (AvgIpc) is 3.24. The summed E-state index contributed by atoms with van der Waals surface area (Å²) in [4.78, 5) is 10.3. The van der Waals surface area contributed by atoms with Gasteiger partial charge in [-0.25, -0.2) is 4.98 Å². The largest absolute Gasteiger partial charge is 0.424 e. The molecule has 2 atom stereocenters. The van der Waals surface area contributed by atoms with Gasteiger partial charge in [-0.05, 0) is 18.6 Å². The van der Waals surface area contributed by atoms with Crippen molar-refractivity contribution in [3.63, 3.8) is 0 Å². The second-order valence-corrected chi connectivity index (χ2v) is 5.90. The first-order valence-corrected chi connectivity index (χ1v) is 7.73. The summed E-state index contributed by atoms with van der Waals surface area (Å²) in [7, 11) is 1.74. The number of aromatic nitrogens is 4. The van der Waals surface area contributed by atoms with E-state index in [0.717, 1.165) is 29.8 Å². The fraction of sp³-hybridized carbons (Fsp3) is 0.438. The number of likely N-dealkylation sites (tertiary alicyclic amines) is 1. The number of benzene rings is 1. The van der Waals surface area contributed by atoms with Crippen molar-refractivity contribution in [1.82, 2.24) is 25.1 Å². The number of nitrogens with zero attached hydrogens (tertiary/aromatic N) is 4. The van der Waals surface area contributed by atoms with E-state index in [1.54, 1.807) is 7.11 Å². The molecule has 7 nitrogen and oxygen atoms in total. The van der Waals surface area contributed by atoms with E-state index in [-0.39, 0.29) is 12.1 Å². The van der Waals surface area contributed by atoms with Gasteiger partial charge in [-0.3, -0.25) is 4.90 Å². The third kappa shape index (κ3) is 2.73. The first kappa shape index (κ1) is 14.3. The maximum absolute atomic E-state index is 5.64. The van der Waals surface area contributed by atoms with E-state index in [0.29, 0.717) is 18.3 Å². The Kier molecular flexibility index (Phi) is 3.59. The van der Waals surface area contributed by atoms with E-state index < -0.39 is 0 Å². The molecule has 1 N–H and O–H groups in total. The van der Waals surface area contributed by atoms with Crippen LogP contribution in [0.3, 0.4) is 0 Å². The molecule has 0 unspecified atom stereocenters. The van der Waals surface area contributed by atoms with Crippen LogP contribution in [0, 0.1) is 6.92 Å². The Hall–Kier alpha value is -2.25. The van der Waals surface area contributed by atoms with E-state index in [2.05, 4.69) is 25.1 Å². The molecule has 0 bridgehead atoms. The quantitative estimate of drug-likeness (QED) is 0.795. The standard InChI is InChI=1S/C16H19N5O2/c1-10-19-20-16(23-10)14-7-11(22-2)8-21(14)9-15-17-12-5-3-4-6-13(12)18-15/h3-6,11,14H,7-9H2,1-2H3,(H,17,18)/t11-,14-/m1/s1. The summed E-state index contributed by atoms with van der Waals surface area (Å²) in [6.45, 7) is 3.32. The number of hydrogen-bond donors (Lipinski definition) is 1. The van der Waals surface area contributed by atoms with Crippen LogP contribution in [0.15, 0.2) is 28.7 Å². The lowest BCUT2D eigenvalue weighted by molar-refractivity contribution is 0.107. The third-order valence-corrected chi connectivity index (χ3v) is 4.32. The second-order valence-electron chi connectivity index (χ2n) is 5.90. The monoisotopic (exact) mass is 313 g/mol. The number of H-pyrrole nitrogens is 1. The van der Waals surface area contributed by atoms with Crippen LogP contribution in [0.2, 0.25) is 0 Å². The molecule has 0 spiro atoms. The zero-order valence-electron chi connectivity index (χ0n) is 13.2. The molecule has 1 aliphatic rings. The molecular weight excluding hydrogens is 294 g/mol. The van der Waals surface area contributed by atoms with Gasteiger partial charge in [-0.15, -0.1) is 10.2 Å². The van der Waals surface area contributed by atoms with Crippen molar-refractivity contribution in [2.24, 2.45) is 0 Å². The van der Waals surface area contributed by atoms with E-state index >= 15 is 0 Å². The summed E-state index contributed by atoms with van der Waals surface area (Å²) in [5, 5.41) is 8.14. The van der Waals surface area contributed by atoms with Crippen molar-refractivity contribution in [3.05, 3.63) is 41.9 Å². The van der Waals surface area contributed by atoms with Gasteiger partial charge in [0.2, 0.25) is 11.8 Å². The van der Waals surface area contributed by atoms with Crippen molar-refractivity contribution < 1.29 is 9.15 Å². The van der Waals surface area contributed by atoms with Gasteiger partial charge < -0.3 is 14.1 Å². The number of rotatable bonds is 4. The number of nitrogens with one attached hydrogen (secondary N) is 1. The number of para-hydroxylation sites is 2. The number of hydrogen-bond acceptors (Lipinski definition) is 6. The molecule has 3 heterocycles. The second kappa shape index (κ2) is 5.75. The summed E-state index contributed by atoms with van der Waals surface area (Å²) < 4.78 is 11.2. The Balaban J connectivity index is 1.59. The Morgan fingerprint density at radius 2 is 2.22 bits per heavy atom. The van der Waals surface area contributed by atoms with Crippen molar-refractivity contribution in [2.75, 3.05) is 13.7 Å². The Morgan fingerprint density at radius 1 is 1.35 bits per heavy atom. The Morgan fingerprint density at radius 3 is 2.96 bits per heavy atom. The molecule has 4 rings (SSSR count). The fourth-order valence-electron chi connectivity index (χ4n) is 3.18. The number of ether oxygens (including phenoxy) is 1. The lowest BCUT2D eigenvalue weighted by atomic mass is 10.2. The highest BCUT2D eigenvalue weighted by Gasteiger charge is 2.36. The van der Waals surface area contributed by atoms with E-state index in [4.69, 9.17) is 9.15 Å².